The van der Waals surface area contributed by atoms with E-state index in [1.807, 2.05) is 24.6 Å². The van der Waals surface area contributed by atoms with E-state index in [1.54, 1.807) is 12.1 Å². The first kappa shape index (κ1) is 15.3. The van der Waals surface area contributed by atoms with Crippen molar-refractivity contribution in [2.75, 3.05) is 5.73 Å². The van der Waals surface area contributed by atoms with E-state index in [9.17, 15) is 4.79 Å². The van der Waals surface area contributed by atoms with Gasteiger partial charge in [0.2, 0.25) is 0 Å². The fourth-order valence-electron chi connectivity index (χ4n) is 2.07. The lowest BCUT2D eigenvalue weighted by Gasteiger charge is -2.07. The Morgan fingerprint density at radius 1 is 1.40 bits per heavy atom. The smallest absolute Gasteiger partial charge is 0.170 e. The van der Waals surface area contributed by atoms with Gasteiger partial charge in [-0.3, -0.25) is 9.48 Å². The van der Waals surface area contributed by atoms with Gasteiger partial charge in [0.05, 0.1) is 22.3 Å². The van der Waals surface area contributed by atoms with Crippen LogP contribution in [0.5, 0.6) is 0 Å². The van der Waals surface area contributed by atoms with Gasteiger partial charge in [-0.2, -0.15) is 5.10 Å². The molecule has 0 aliphatic heterocycles. The molecule has 0 radical (unpaired) electrons. The molecule has 4 nitrogen and oxygen atoms in total. The monoisotopic (exact) mass is 399 g/mol. The Balaban J connectivity index is 2.32. The maximum Gasteiger partial charge on any atom is 0.170 e. The summed E-state index contributed by atoms with van der Waals surface area (Å²) in [5.74, 6) is -0.00898. The van der Waals surface area contributed by atoms with Gasteiger partial charge in [-0.1, -0.05) is 15.9 Å². The molecule has 0 amide bonds. The maximum absolute atomic E-state index is 12.4. The third-order valence-electron chi connectivity index (χ3n) is 3.09. The third kappa shape index (κ3) is 2.96. The number of hydrogen-bond acceptors (Lipinski definition) is 3. The van der Waals surface area contributed by atoms with Gasteiger partial charge in [0, 0.05) is 22.3 Å². The average Bonchev–Trinajstić information content (AvgIpc) is 2.66. The highest BCUT2D eigenvalue weighted by atomic mass is 79.9. The van der Waals surface area contributed by atoms with Gasteiger partial charge in [0.25, 0.3) is 0 Å². The van der Waals surface area contributed by atoms with Crippen LogP contribution in [0.3, 0.4) is 0 Å². The number of aromatic nitrogens is 2. The summed E-state index contributed by atoms with van der Waals surface area (Å²) in [6, 6.07) is 5.31. The number of carbonyl (C=O) groups is 1. The summed E-state index contributed by atoms with van der Waals surface area (Å²) in [5.41, 5.74) is 8.71. The number of nitrogens with two attached hydrogens (primary N) is 1. The predicted octanol–water partition coefficient (Wildman–Crippen LogP) is 3.74. The molecule has 2 N–H and O–H groups in total. The quantitative estimate of drug-likeness (QED) is 0.628. The van der Waals surface area contributed by atoms with Crippen molar-refractivity contribution in [2.45, 2.75) is 26.8 Å². The first-order valence-corrected chi connectivity index (χ1v) is 7.82. The first-order chi connectivity index (χ1) is 9.43. The molecule has 0 atom stereocenters. The fraction of sp³-hybridized carbons (Fsp3) is 0.286. The van der Waals surface area contributed by atoms with Crippen molar-refractivity contribution in [1.29, 1.82) is 0 Å². The average molecular weight is 401 g/mol. The lowest BCUT2D eigenvalue weighted by Crippen LogP contribution is -2.11. The topological polar surface area (TPSA) is 60.9 Å². The number of nitrogen functional groups attached to an aromatic ring is 1. The van der Waals surface area contributed by atoms with E-state index in [1.165, 1.54) is 0 Å². The van der Waals surface area contributed by atoms with Crippen molar-refractivity contribution in [3.63, 3.8) is 0 Å². The van der Waals surface area contributed by atoms with Gasteiger partial charge >= 0.3 is 0 Å². The highest BCUT2D eigenvalue weighted by molar-refractivity contribution is 9.10. The standard InChI is InChI=1S/C14H15Br2N3O/c1-3-19-12(14(16)8(2)18-19)7-13(20)10-5-4-9(15)6-11(10)17/h4-6H,3,7,17H2,1-2H3. The minimum atomic E-state index is -0.00898. The number of benzene rings is 1. The summed E-state index contributed by atoms with van der Waals surface area (Å²) >= 11 is 6.84. The first-order valence-electron chi connectivity index (χ1n) is 6.24. The molecule has 0 aliphatic rings. The van der Waals surface area contributed by atoms with Crippen molar-refractivity contribution in [3.8, 4) is 0 Å². The molecule has 0 saturated carbocycles. The summed E-state index contributed by atoms with van der Waals surface area (Å²) in [4.78, 5) is 12.4. The molecule has 6 heteroatoms. The SMILES string of the molecule is CCn1nc(C)c(Br)c1CC(=O)c1ccc(Br)cc1N. The minimum absolute atomic E-state index is 0.00898. The molecule has 0 saturated heterocycles. The van der Waals surface area contributed by atoms with Gasteiger partial charge in [0.15, 0.2) is 5.78 Å². The number of halogens is 2. The molecule has 106 valence electrons. The molecule has 0 unspecified atom stereocenters. The Hall–Kier alpha value is -1.14. The molecule has 1 aromatic carbocycles. The number of Topliss-reactive ketones (excluding diaryl/α,β-unsaturated/α-hetero) is 1. The van der Waals surface area contributed by atoms with Gasteiger partial charge in [-0.05, 0) is 48.0 Å². The number of anilines is 1. The second-order valence-corrected chi connectivity index (χ2v) is 6.20. The van der Waals surface area contributed by atoms with Crippen molar-refractivity contribution >= 4 is 43.3 Å². The molecule has 2 aromatic rings. The second-order valence-electron chi connectivity index (χ2n) is 4.49. The van der Waals surface area contributed by atoms with Crippen LogP contribution in [0.1, 0.15) is 28.7 Å². The number of carbonyl (C=O) groups excluding carboxylic acids is 1. The van der Waals surface area contributed by atoms with E-state index < -0.39 is 0 Å². The highest BCUT2D eigenvalue weighted by Gasteiger charge is 2.18. The Labute approximate surface area is 134 Å². The molecule has 20 heavy (non-hydrogen) atoms. The number of ketones is 1. The van der Waals surface area contributed by atoms with Crippen LogP contribution in [0.15, 0.2) is 27.1 Å². The number of hydrogen-bond donors (Lipinski definition) is 1. The van der Waals surface area contributed by atoms with E-state index in [0.717, 1.165) is 26.9 Å². The van der Waals surface area contributed by atoms with Crippen LogP contribution in [0.2, 0.25) is 0 Å². The lowest BCUT2D eigenvalue weighted by molar-refractivity contribution is 0.0991. The molecule has 2 rings (SSSR count). The fourth-order valence-corrected chi connectivity index (χ4v) is 2.88. The van der Waals surface area contributed by atoms with Gasteiger partial charge in [-0.25, -0.2) is 0 Å². The van der Waals surface area contributed by atoms with Crippen LogP contribution >= 0.6 is 31.9 Å². The third-order valence-corrected chi connectivity index (χ3v) is 4.62. The molecule has 1 aromatic heterocycles. The van der Waals surface area contributed by atoms with Gasteiger partial charge in [-0.15, -0.1) is 0 Å². The minimum Gasteiger partial charge on any atom is -0.398 e. The Morgan fingerprint density at radius 3 is 2.70 bits per heavy atom. The van der Waals surface area contributed by atoms with E-state index in [2.05, 4.69) is 37.0 Å². The van der Waals surface area contributed by atoms with Crippen LogP contribution in [-0.2, 0) is 13.0 Å². The van der Waals surface area contributed by atoms with E-state index in [4.69, 9.17) is 5.73 Å². The zero-order valence-electron chi connectivity index (χ0n) is 11.3. The summed E-state index contributed by atoms with van der Waals surface area (Å²) in [7, 11) is 0. The largest absolute Gasteiger partial charge is 0.398 e. The number of nitrogens with zero attached hydrogens (tertiary/aromatic N) is 2. The number of rotatable bonds is 4. The molecular weight excluding hydrogens is 386 g/mol. The van der Waals surface area contributed by atoms with Crippen molar-refractivity contribution in [3.05, 3.63) is 44.1 Å². The van der Waals surface area contributed by atoms with Crippen LogP contribution in [-0.4, -0.2) is 15.6 Å². The normalized spacial score (nSPS) is 10.8. The Bertz CT molecular complexity index is 665. The van der Waals surface area contributed by atoms with Crippen molar-refractivity contribution in [1.82, 2.24) is 9.78 Å². The molecule has 0 aliphatic carbocycles. The summed E-state index contributed by atoms with van der Waals surface area (Å²) < 4.78 is 3.59. The second kappa shape index (κ2) is 6.10. The Morgan fingerprint density at radius 2 is 2.10 bits per heavy atom. The van der Waals surface area contributed by atoms with E-state index in [-0.39, 0.29) is 12.2 Å². The molecule has 0 fully saturated rings. The van der Waals surface area contributed by atoms with Crippen LogP contribution in [0, 0.1) is 6.92 Å². The summed E-state index contributed by atoms with van der Waals surface area (Å²) in [6.45, 7) is 4.64. The van der Waals surface area contributed by atoms with Crippen molar-refractivity contribution < 1.29 is 4.79 Å². The van der Waals surface area contributed by atoms with Crippen LogP contribution in [0.4, 0.5) is 5.69 Å². The van der Waals surface area contributed by atoms with Gasteiger partial charge in [0.1, 0.15) is 0 Å². The zero-order chi connectivity index (χ0) is 14.9. The summed E-state index contributed by atoms with van der Waals surface area (Å²) in [5, 5.41) is 4.39. The highest BCUT2D eigenvalue weighted by Crippen LogP contribution is 2.25. The molecular formula is C14H15Br2N3O. The lowest BCUT2D eigenvalue weighted by atomic mass is 10.0. The van der Waals surface area contributed by atoms with E-state index in [0.29, 0.717) is 11.3 Å². The number of aryl methyl sites for hydroxylation is 2. The van der Waals surface area contributed by atoms with Crippen molar-refractivity contribution in [2.24, 2.45) is 0 Å². The zero-order valence-corrected chi connectivity index (χ0v) is 14.5. The molecule has 0 spiro atoms. The summed E-state index contributed by atoms with van der Waals surface area (Å²) in [6.07, 6.45) is 0.279. The van der Waals surface area contributed by atoms with E-state index >= 15 is 0 Å². The maximum atomic E-state index is 12.4. The molecule has 1 heterocycles. The Kier molecular flexibility index (Phi) is 4.65. The molecule has 0 bridgehead atoms. The van der Waals surface area contributed by atoms with Crippen LogP contribution < -0.4 is 5.73 Å². The predicted molar refractivity (Wildman–Crippen MR) is 86.9 cm³/mol. The van der Waals surface area contributed by atoms with Crippen LogP contribution in [0.25, 0.3) is 0 Å². The van der Waals surface area contributed by atoms with Gasteiger partial charge < -0.3 is 5.73 Å².